The van der Waals surface area contributed by atoms with Crippen LogP contribution in [0.3, 0.4) is 0 Å². The van der Waals surface area contributed by atoms with Crippen molar-refractivity contribution in [2.45, 2.75) is 115 Å². The SMILES string of the molecule is C[C@@H]1CN(CCOC2CCC(N3C(=S)N(c4ccc(C#N)c(C(F)(F)F)c4)C(=O)C3(C)C)CC2)C[C@H](C)N1CC(=O)Nc1ccc(C2(C)CCC(=O)NC2=O)cn1.Cl. The minimum atomic E-state index is -4.76. The normalized spacial score (nSPS) is 26.9. The molecule has 4 aliphatic rings. The lowest BCUT2D eigenvalue weighted by molar-refractivity contribution is -0.138. The van der Waals surface area contributed by atoms with Crippen LogP contribution in [0, 0.1) is 11.3 Å². The molecule has 3 saturated heterocycles. The van der Waals surface area contributed by atoms with E-state index in [9.17, 15) is 37.6 Å². The number of piperidine rings is 1. The van der Waals surface area contributed by atoms with Crippen molar-refractivity contribution in [3.05, 3.63) is 53.2 Å². The number of halogens is 4. The van der Waals surface area contributed by atoms with Gasteiger partial charge in [0.15, 0.2) is 5.11 Å². The van der Waals surface area contributed by atoms with Crippen molar-refractivity contribution in [1.82, 2.24) is 25.0 Å². The second-order valence-corrected chi connectivity index (χ2v) is 16.7. The number of alkyl halides is 3. The van der Waals surface area contributed by atoms with Gasteiger partial charge in [-0.05, 0) is 109 Å². The summed E-state index contributed by atoms with van der Waals surface area (Å²) in [5.74, 6) is -0.853. The van der Waals surface area contributed by atoms with Gasteiger partial charge in [0, 0.05) is 50.4 Å². The van der Waals surface area contributed by atoms with Crippen LogP contribution in [-0.4, -0.2) is 111 Å². The van der Waals surface area contributed by atoms with Crippen LogP contribution >= 0.6 is 24.6 Å². The van der Waals surface area contributed by atoms with Gasteiger partial charge in [-0.3, -0.25) is 39.2 Å². The van der Waals surface area contributed by atoms with Crippen LogP contribution in [0.2, 0.25) is 0 Å². The molecule has 0 spiro atoms. The third-order valence-corrected chi connectivity index (χ3v) is 12.3. The van der Waals surface area contributed by atoms with E-state index in [1.54, 1.807) is 45.2 Å². The maximum atomic E-state index is 13.7. The Morgan fingerprint density at radius 3 is 2.33 bits per heavy atom. The number of ether oxygens (including phenoxy) is 1. The maximum Gasteiger partial charge on any atom is 0.417 e. The first-order chi connectivity index (χ1) is 26.8. The molecule has 1 aromatic carbocycles. The van der Waals surface area contributed by atoms with E-state index in [0.717, 1.165) is 49.5 Å². The minimum absolute atomic E-state index is 0. The number of nitriles is 1. The molecule has 4 amide bonds. The molecular weight excluding hydrogens is 797 g/mol. The lowest BCUT2D eigenvalue weighted by Gasteiger charge is -2.44. The highest BCUT2D eigenvalue weighted by atomic mass is 35.5. The molecule has 1 aromatic heterocycles. The zero-order valence-electron chi connectivity index (χ0n) is 33.2. The summed E-state index contributed by atoms with van der Waals surface area (Å²) in [4.78, 5) is 62.7. The van der Waals surface area contributed by atoms with E-state index in [2.05, 4.69) is 39.3 Å². The summed E-state index contributed by atoms with van der Waals surface area (Å²) in [5, 5.41) is 14.6. The van der Waals surface area contributed by atoms with Crippen LogP contribution in [0.1, 0.15) is 89.8 Å². The molecule has 3 aliphatic heterocycles. The van der Waals surface area contributed by atoms with E-state index in [1.165, 1.54) is 6.07 Å². The summed E-state index contributed by atoms with van der Waals surface area (Å²) in [6.07, 6.45) is 0.359. The third-order valence-electron chi connectivity index (χ3n) is 12.0. The molecule has 0 radical (unpaired) electrons. The molecule has 1 aliphatic carbocycles. The number of amides is 4. The second kappa shape index (κ2) is 17.6. The lowest BCUT2D eigenvalue weighted by Crippen LogP contribution is -2.58. The molecule has 13 nitrogen and oxygen atoms in total. The Morgan fingerprint density at radius 2 is 1.74 bits per heavy atom. The van der Waals surface area contributed by atoms with E-state index >= 15 is 0 Å². The number of hydrogen-bond acceptors (Lipinski definition) is 10. The van der Waals surface area contributed by atoms with E-state index in [-0.39, 0.29) is 78.1 Å². The van der Waals surface area contributed by atoms with Crippen molar-refractivity contribution in [2.75, 3.05) is 43.0 Å². The topological polar surface area (TPSA) is 151 Å². The van der Waals surface area contributed by atoms with Crippen molar-refractivity contribution in [1.29, 1.82) is 5.26 Å². The van der Waals surface area contributed by atoms with Crippen LogP contribution in [-0.2, 0) is 35.5 Å². The van der Waals surface area contributed by atoms with E-state index < -0.39 is 34.2 Å². The molecule has 6 rings (SSSR count). The predicted molar refractivity (Wildman–Crippen MR) is 216 cm³/mol. The largest absolute Gasteiger partial charge is 0.417 e. The number of thiocarbonyl (C=S) groups is 1. The Balaban J connectivity index is 0.00000641. The molecule has 314 valence electrons. The van der Waals surface area contributed by atoms with Gasteiger partial charge in [-0.2, -0.15) is 18.4 Å². The van der Waals surface area contributed by atoms with Gasteiger partial charge < -0.3 is 15.0 Å². The molecule has 2 aromatic rings. The molecular formula is C40H50ClF3N8O5S. The number of imide groups is 1. The number of carbonyl (C=O) groups is 4. The molecule has 0 bridgehead atoms. The molecule has 58 heavy (non-hydrogen) atoms. The Morgan fingerprint density at radius 1 is 1.07 bits per heavy atom. The Kier molecular flexibility index (Phi) is 13.6. The fraction of sp³-hybridized carbons (Fsp3) is 0.575. The number of rotatable bonds is 10. The Hall–Kier alpha value is -4.21. The van der Waals surface area contributed by atoms with Gasteiger partial charge in [-0.1, -0.05) is 6.07 Å². The summed E-state index contributed by atoms with van der Waals surface area (Å²) < 4.78 is 47.5. The van der Waals surface area contributed by atoms with Gasteiger partial charge in [-0.25, -0.2) is 4.98 Å². The van der Waals surface area contributed by atoms with Crippen molar-refractivity contribution in [3.8, 4) is 6.07 Å². The van der Waals surface area contributed by atoms with Crippen LogP contribution in [0.4, 0.5) is 24.7 Å². The number of piperazine rings is 1. The predicted octanol–water partition coefficient (Wildman–Crippen LogP) is 5.16. The maximum absolute atomic E-state index is 13.7. The molecule has 4 heterocycles. The lowest BCUT2D eigenvalue weighted by atomic mass is 9.76. The van der Waals surface area contributed by atoms with E-state index in [1.807, 2.05) is 4.90 Å². The molecule has 1 unspecified atom stereocenters. The number of nitrogens with zero attached hydrogens (tertiary/aromatic N) is 6. The molecule has 4 fully saturated rings. The van der Waals surface area contributed by atoms with Crippen LogP contribution in [0.25, 0.3) is 0 Å². The van der Waals surface area contributed by atoms with Crippen molar-refractivity contribution in [2.24, 2.45) is 0 Å². The first-order valence-electron chi connectivity index (χ1n) is 19.3. The number of benzene rings is 1. The van der Waals surface area contributed by atoms with E-state index in [4.69, 9.17) is 17.0 Å². The Bertz CT molecular complexity index is 1940. The quantitative estimate of drug-likeness (QED) is 0.241. The number of hydrogen-bond donors (Lipinski definition) is 2. The zero-order valence-corrected chi connectivity index (χ0v) is 34.9. The molecule has 2 N–H and O–H groups in total. The van der Waals surface area contributed by atoms with Crippen molar-refractivity contribution >= 4 is 64.9 Å². The molecule has 3 atom stereocenters. The summed E-state index contributed by atoms with van der Waals surface area (Å²) in [5.41, 5.74) is -2.90. The Labute approximate surface area is 348 Å². The van der Waals surface area contributed by atoms with E-state index in [0.29, 0.717) is 37.3 Å². The van der Waals surface area contributed by atoms with Crippen molar-refractivity contribution in [3.63, 3.8) is 0 Å². The van der Waals surface area contributed by atoms with Crippen LogP contribution < -0.4 is 15.5 Å². The smallest absolute Gasteiger partial charge is 0.377 e. The average molecular weight is 847 g/mol. The number of nitrogens with one attached hydrogen (secondary N) is 2. The second-order valence-electron chi connectivity index (χ2n) is 16.3. The summed E-state index contributed by atoms with van der Waals surface area (Å²) >= 11 is 5.73. The fourth-order valence-corrected chi connectivity index (χ4v) is 9.22. The molecule has 1 saturated carbocycles. The fourth-order valence-electron chi connectivity index (χ4n) is 8.65. The number of anilines is 2. The summed E-state index contributed by atoms with van der Waals surface area (Å²) in [6.45, 7) is 12.4. The molecule has 18 heteroatoms. The van der Waals surface area contributed by atoms with Crippen molar-refractivity contribution < 1.29 is 37.1 Å². The first kappa shape index (κ1) is 44.9. The average Bonchev–Trinajstić information content (AvgIpc) is 3.33. The highest BCUT2D eigenvalue weighted by Crippen LogP contribution is 2.41. The van der Waals surface area contributed by atoms with Gasteiger partial charge in [0.05, 0.1) is 47.6 Å². The first-order valence-corrected chi connectivity index (χ1v) is 19.7. The number of aromatic nitrogens is 1. The van der Waals surface area contributed by atoms with Crippen LogP contribution in [0.15, 0.2) is 36.5 Å². The van der Waals surface area contributed by atoms with Gasteiger partial charge in [0.1, 0.15) is 11.4 Å². The monoisotopic (exact) mass is 846 g/mol. The number of pyridine rings is 1. The van der Waals surface area contributed by atoms with Gasteiger partial charge in [0.2, 0.25) is 17.7 Å². The summed E-state index contributed by atoms with van der Waals surface area (Å²) in [6, 6.07) is 8.35. The van der Waals surface area contributed by atoms with Crippen LogP contribution in [0.5, 0.6) is 0 Å². The minimum Gasteiger partial charge on any atom is -0.377 e. The highest BCUT2D eigenvalue weighted by Gasteiger charge is 2.53. The standard InChI is InChI=1S/C40H49F3N8O5S.ClH/c1-24-21-48(22-25(2)49(24)23-34(53)46-32-13-7-27(20-45-32)39(5)15-14-33(52)47-35(39)54)16-17-56-30-11-9-28(10-12-30)51-37(57)50(36(55)38(51,3)4)29-8-6-26(19-44)31(18-29)40(41,42)43;/h6-8,13,18,20,24-25,28,30H,9-12,14-17,21-23H2,1-5H3,(H,45,46,53)(H,47,52,54);1H/t24-,25+,28?,30?,39?;. The van der Waals surface area contributed by atoms with Gasteiger partial charge >= 0.3 is 6.18 Å². The third kappa shape index (κ3) is 9.16. The summed E-state index contributed by atoms with van der Waals surface area (Å²) in [7, 11) is 0. The number of carbonyl (C=O) groups excluding carboxylic acids is 4. The zero-order chi connectivity index (χ0) is 41.4. The highest BCUT2D eigenvalue weighted by molar-refractivity contribution is 7.80. The van der Waals surface area contributed by atoms with Gasteiger partial charge in [-0.15, -0.1) is 12.4 Å². The van der Waals surface area contributed by atoms with Gasteiger partial charge in [0.25, 0.3) is 5.91 Å².